The summed E-state index contributed by atoms with van der Waals surface area (Å²) in [6.45, 7) is 0.715. The molecule has 0 aliphatic carbocycles. The third-order valence-corrected chi connectivity index (χ3v) is 6.65. The van der Waals surface area contributed by atoms with Gasteiger partial charge >= 0.3 is 0 Å². The Balaban J connectivity index is 1.83. The monoisotopic (exact) mass is 363 g/mol. The van der Waals surface area contributed by atoms with Gasteiger partial charge < -0.3 is 4.90 Å². The highest BCUT2D eigenvalue weighted by molar-refractivity contribution is 6.08. The van der Waals surface area contributed by atoms with Crippen LogP contribution < -0.4 is 4.90 Å². The van der Waals surface area contributed by atoms with Crippen molar-refractivity contribution in [3.05, 3.63) is 75.8 Å². The molecule has 2 aromatic rings. The van der Waals surface area contributed by atoms with Crippen molar-refractivity contribution < 1.29 is 9.72 Å². The maximum absolute atomic E-state index is 13.7. The topological polar surface area (TPSA) is 66.7 Å². The SMILES string of the molecule is CN1C(=O)[C@@]2(c3ccccc31)[C@@H](c1ccccc1)[C@H]([N+](=O)[O-])[C@@H]1CCCN12. The number of para-hydroxylation sites is 1. The van der Waals surface area contributed by atoms with Crippen molar-refractivity contribution in [3.63, 3.8) is 0 Å². The predicted molar refractivity (Wildman–Crippen MR) is 101 cm³/mol. The predicted octanol–water partition coefficient (Wildman–Crippen LogP) is 2.77. The largest absolute Gasteiger partial charge is 0.313 e. The fourth-order valence-corrected chi connectivity index (χ4v) is 5.74. The Morgan fingerprint density at radius 2 is 1.81 bits per heavy atom. The lowest BCUT2D eigenvalue weighted by molar-refractivity contribution is -0.527. The summed E-state index contributed by atoms with van der Waals surface area (Å²) in [7, 11) is 1.78. The molecule has 27 heavy (non-hydrogen) atoms. The second-order valence-electron chi connectivity index (χ2n) is 7.71. The van der Waals surface area contributed by atoms with Crippen LogP contribution >= 0.6 is 0 Å². The Hall–Kier alpha value is -2.73. The highest BCUT2D eigenvalue weighted by Crippen LogP contribution is 2.60. The number of benzene rings is 2. The number of nitro groups is 1. The average molecular weight is 363 g/mol. The van der Waals surface area contributed by atoms with E-state index < -0.39 is 17.5 Å². The van der Waals surface area contributed by atoms with Gasteiger partial charge in [0.05, 0.1) is 12.0 Å². The number of carbonyl (C=O) groups is 1. The minimum atomic E-state index is -0.994. The molecule has 2 saturated heterocycles. The van der Waals surface area contributed by atoms with Gasteiger partial charge in [0, 0.05) is 29.8 Å². The van der Waals surface area contributed by atoms with Crippen LogP contribution in [0.5, 0.6) is 0 Å². The standard InChI is InChI=1S/C21H21N3O3/c1-22-16-11-6-5-10-15(16)21(20(22)25)18(14-8-3-2-4-9-14)19(24(26)27)17-12-7-13-23(17)21/h2-6,8-11,17-19H,7,12-13H2,1H3/t17-,18-,19+,21+/m0/s1. The van der Waals surface area contributed by atoms with Crippen LogP contribution in [0.1, 0.15) is 29.9 Å². The summed E-state index contributed by atoms with van der Waals surface area (Å²) >= 11 is 0. The Kier molecular flexibility index (Phi) is 3.43. The normalized spacial score (nSPS) is 32.1. The van der Waals surface area contributed by atoms with Gasteiger partial charge in [0.25, 0.3) is 5.91 Å². The van der Waals surface area contributed by atoms with E-state index in [0.717, 1.165) is 29.7 Å². The molecule has 2 aromatic carbocycles. The molecule has 0 aromatic heterocycles. The molecule has 0 unspecified atom stereocenters. The van der Waals surface area contributed by atoms with E-state index in [0.29, 0.717) is 6.54 Å². The summed E-state index contributed by atoms with van der Waals surface area (Å²) in [6, 6.07) is 16.3. The zero-order valence-electron chi connectivity index (χ0n) is 15.1. The number of anilines is 1. The highest BCUT2D eigenvalue weighted by Gasteiger charge is 2.72. The molecule has 2 fully saturated rings. The molecule has 1 amide bonds. The number of amides is 1. The van der Waals surface area contributed by atoms with Crippen LogP contribution in [-0.4, -0.2) is 41.4 Å². The van der Waals surface area contributed by atoms with Gasteiger partial charge in [-0.15, -0.1) is 0 Å². The number of nitrogens with zero attached hydrogens (tertiary/aromatic N) is 3. The first-order valence-corrected chi connectivity index (χ1v) is 9.41. The molecule has 6 heteroatoms. The van der Waals surface area contributed by atoms with Crippen LogP contribution in [0, 0.1) is 10.1 Å². The zero-order valence-corrected chi connectivity index (χ0v) is 15.1. The van der Waals surface area contributed by atoms with Crippen LogP contribution in [0.2, 0.25) is 0 Å². The lowest BCUT2D eigenvalue weighted by atomic mass is 9.73. The van der Waals surface area contributed by atoms with E-state index in [1.165, 1.54) is 0 Å². The van der Waals surface area contributed by atoms with Crippen molar-refractivity contribution >= 4 is 11.6 Å². The molecule has 3 aliphatic rings. The summed E-state index contributed by atoms with van der Waals surface area (Å²) in [5, 5.41) is 12.2. The van der Waals surface area contributed by atoms with E-state index >= 15 is 0 Å². The quantitative estimate of drug-likeness (QED) is 0.608. The first-order chi connectivity index (χ1) is 13.1. The van der Waals surface area contributed by atoms with Crippen molar-refractivity contribution in [3.8, 4) is 0 Å². The summed E-state index contributed by atoms with van der Waals surface area (Å²) in [5.41, 5.74) is 1.64. The van der Waals surface area contributed by atoms with E-state index in [1.54, 1.807) is 11.9 Å². The molecule has 5 rings (SSSR count). The van der Waals surface area contributed by atoms with E-state index in [2.05, 4.69) is 4.90 Å². The molecule has 3 aliphatic heterocycles. The molecule has 0 bridgehead atoms. The van der Waals surface area contributed by atoms with Gasteiger partial charge in [0.2, 0.25) is 6.04 Å². The molecule has 0 radical (unpaired) electrons. The highest BCUT2D eigenvalue weighted by atomic mass is 16.6. The van der Waals surface area contributed by atoms with Crippen molar-refractivity contribution in [2.75, 3.05) is 18.5 Å². The zero-order chi connectivity index (χ0) is 18.8. The lowest BCUT2D eigenvalue weighted by Crippen LogP contribution is -2.52. The summed E-state index contributed by atoms with van der Waals surface area (Å²) < 4.78 is 0. The van der Waals surface area contributed by atoms with Crippen molar-refractivity contribution in [2.45, 2.75) is 36.4 Å². The average Bonchev–Trinajstić information content (AvgIpc) is 3.32. The number of fused-ring (bicyclic) bond motifs is 4. The van der Waals surface area contributed by atoms with Gasteiger partial charge in [-0.1, -0.05) is 48.5 Å². The van der Waals surface area contributed by atoms with Gasteiger partial charge in [-0.2, -0.15) is 0 Å². The summed E-state index contributed by atoms with van der Waals surface area (Å²) in [4.78, 5) is 29.6. The second-order valence-corrected chi connectivity index (χ2v) is 7.71. The summed E-state index contributed by atoms with van der Waals surface area (Å²) in [6.07, 6.45) is 1.65. The fraction of sp³-hybridized carbons (Fsp3) is 0.381. The molecule has 0 saturated carbocycles. The third-order valence-electron chi connectivity index (χ3n) is 6.65. The number of carbonyl (C=O) groups excluding carboxylic acids is 1. The Bertz CT molecular complexity index is 931. The van der Waals surface area contributed by atoms with Gasteiger partial charge in [-0.25, -0.2) is 0 Å². The molecule has 138 valence electrons. The molecule has 3 heterocycles. The van der Waals surface area contributed by atoms with E-state index in [-0.39, 0.29) is 16.9 Å². The minimum Gasteiger partial charge on any atom is -0.313 e. The van der Waals surface area contributed by atoms with E-state index in [9.17, 15) is 14.9 Å². The Labute approximate surface area is 157 Å². The van der Waals surface area contributed by atoms with Crippen LogP contribution in [0.4, 0.5) is 5.69 Å². The fourth-order valence-electron chi connectivity index (χ4n) is 5.74. The third kappa shape index (κ3) is 1.91. The molecule has 0 N–H and O–H groups in total. The van der Waals surface area contributed by atoms with E-state index in [1.807, 2.05) is 54.6 Å². The Morgan fingerprint density at radius 1 is 1.11 bits per heavy atom. The smallest absolute Gasteiger partial charge is 0.252 e. The van der Waals surface area contributed by atoms with Crippen molar-refractivity contribution in [1.82, 2.24) is 4.90 Å². The van der Waals surface area contributed by atoms with Gasteiger partial charge in [-0.3, -0.25) is 19.8 Å². The first kappa shape index (κ1) is 16.4. The molecule has 6 nitrogen and oxygen atoms in total. The van der Waals surface area contributed by atoms with Gasteiger partial charge in [0.15, 0.2) is 0 Å². The number of rotatable bonds is 2. The van der Waals surface area contributed by atoms with Crippen molar-refractivity contribution in [1.29, 1.82) is 0 Å². The lowest BCUT2D eigenvalue weighted by Gasteiger charge is -2.36. The summed E-state index contributed by atoms with van der Waals surface area (Å²) in [5.74, 6) is -0.550. The second kappa shape index (κ2) is 5.63. The van der Waals surface area contributed by atoms with Crippen LogP contribution in [0.25, 0.3) is 0 Å². The van der Waals surface area contributed by atoms with E-state index in [4.69, 9.17) is 0 Å². The molecular weight excluding hydrogens is 342 g/mol. The molecule has 1 spiro atoms. The number of hydrogen-bond acceptors (Lipinski definition) is 4. The van der Waals surface area contributed by atoms with Gasteiger partial charge in [-0.05, 0) is 24.5 Å². The van der Waals surface area contributed by atoms with Crippen LogP contribution in [0.15, 0.2) is 54.6 Å². The van der Waals surface area contributed by atoms with Gasteiger partial charge in [0.1, 0.15) is 5.54 Å². The number of hydrogen-bond donors (Lipinski definition) is 0. The number of likely N-dealkylation sites (N-methyl/N-ethyl adjacent to an activating group) is 1. The maximum atomic E-state index is 13.7. The first-order valence-electron chi connectivity index (χ1n) is 9.41. The van der Waals surface area contributed by atoms with Crippen molar-refractivity contribution in [2.24, 2.45) is 0 Å². The maximum Gasteiger partial charge on any atom is 0.252 e. The van der Waals surface area contributed by atoms with Crippen LogP contribution in [-0.2, 0) is 10.3 Å². The van der Waals surface area contributed by atoms with Crippen LogP contribution in [0.3, 0.4) is 0 Å². The Morgan fingerprint density at radius 3 is 2.56 bits per heavy atom. The minimum absolute atomic E-state index is 0.0474. The molecular formula is C21H21N3O3. The molecule has 4 atom stereocenters.